The van der Waals surface area contributed by atoms with Gasteiger partial charge in [0.15, 0.2) is 5.16 Å². The van der Waals surface area contributed by atoms with Crippen molar-refractivity contribution in [3.63, 3.8) is 0 Å². The van der Waals surface area contributed by atoms with Gasteiger partial charge in [-0.1, -0.05) is 54.2 Å². The first kappa shape index (κ1) is 22.8. The fourth-order valence-corrected chi connectivity index (χ4v) is 4.73. The van der Waals surface area contributed by atoms with Crippen molar-refractivity contribution in [3.05, 3.63) is 93.3 Å². The zero-order chi connectivity index (χ0) is 23.7. The minimum atomic E-state index is -0.464. The summed E-state index contributed by atoms with van der Waals surface area (Å²) in [5, 5.41) is 3.64. The third kappa shape index (κ3) is 4.57. The van der Waals surface area contributed by atoms with E-state index >= 15 is 0 Å². The van der Waals surface area contributed by atoms with Gasteiger partial charge in [0.1, 0.15) is 0 Å². The molecule has 0 aliphatic carbocycles. The summed E-state index contributed by atoms with van der Waals surface area (Å²) in [6.07, 6.45) is 0. The molecule has 1 heterocycles. The lowest BCUT2D eigenvalue weighted by atomic mass is 10.1. The van der Waals surface area contributed by atoms with Crippen LogP contribution in [0.15, 0.2) is 70.6 Å². The molecule has 5 nitrogen and oxygen atoms in total. The minimum Gasteiger partial charge on any atom is -0.325 e. The zero-order valence-electron chi connectivity index (χ0n) is 19.5. The molecule has 1 unspecified atom stereocenters. The maximum Gasteiger partial charge on any atom is 0.266 e. The number of rotatable bonds is 5. The van der Waals surface area contributed by atoms with Gasteiger partial charge in [0, 0.05) is 5.69 Å². The fraction of sp³-hybridized carbons (Fsp3) is 0.222. The quantitative estimate of drug-likeness (QED) is 0.307. The molecule has 0 bridgehead atoms. The van der Waals surface area contributed by atoms with Crippen molar-refractivity contribution in [2.75, 3.05) is 5.32 Å². The predicted octanol–water partition coefficient (Wildman–Crippen LogP) is 5.74. The van der Waals surface area contributed by atoms with Crippen LogP contribution in [0.2, 0.25) is 0 Å². The second kappa shape index (κ2) is 9.24. The van der Waals surface area contributed by atoms with Gasteiger partial charge >= 0.3 is 0 Å². The van der Waals surface area contributed by atoms with Crippen LogP contribution in [-0.2, 0) is 4.79 Å². The molecule has 0 fully saturated rings. The molecule has 0 spiro atoms. The van der Waals surface area contributed by atoms with E-state index in [0.717, 1.165) is 33.6 Å². The maximum atomic E-state index is 13.6. The summed E-state index contributed by atoms with van der Waals surface area (Å²) >= 11 is 1.29. The van der Waals surface area contributed by atoms with Crippen LogP contribution in [0.3, 0.4) is 0 Å². The number of fused-ring (bicyclic) bond motifs is 1. The second-order valence-electron chi connectivity index (χ2n) is 8.36. The van der Waals surface area contributed by atoms with Gasteiger partial charge in [-0.2, -0.15) is 0 Å². The summed E-state index contributed by atoms with van der Waals surface area (Å²) in [5.74, 6) is -0.132. The molecule has 0 saturated heterocycles. The number of anilines is 1. The Morgan fingerprint density at radius 3 is 2.36 bits per heavy atom. The summed E-state index contributed by atoms with van der Waals surface area (Å²) < 4.78 is 1.64. The van der Waals surface area contributed by atoms with Crippen LogP contribution in [0.5, 0.6) is 0 Å². The van der Waals surface area contributed by atoms with Crippen LogP contribution in [0.25, 0.3) is 16.6 Å². The number of para-hydroxylation sites is 2. The zero-order valence-corrected chi connectivity index (χ0v) is 20.3. The third-order valence-electron chi connectivity index (χ3n) is 5.73. The Morgan fingerprint density at radius 1 is 0.939 bits per heavy atom. The summed E-state index contributed by atoms with van der Waals surface area (Å²) in [5.41, 5.74) is 6.12. The van der Waals surface area contributed by atoms with Gasteiger partial charge in [0.25, 0.3) is 5.56 Å². The summed E-state index contributed by atoms with van der Waals surface area (Å²) in [6.45, 7) is 9.76. The molecule has 0 aliphatic rings. The highest BCUT2D eigenvalue weighted by atomic mass is 32.2. The predicted molar refractivity (Wildman–Crippen MR) is 137 cm³/mol. The Hall–Kier alpha value is -3.38. The first-order valence-corrected chi connectivity index (χ1v) is 11.8. The van der Waals surface area contributed by atoms with Gasteiger partial charge in [-0.3, -0.25) is 14.2 Å². The lowest BCUT2D eigenvalue weighted by Crippen LogP contribution is -2.27. The SMILES string of the molecule is Cc1ccc(C)c(-n2c(SC(C)C(=O)Nc3c(C)cccc3C)nc3ccccc3c2=O)c1. The number of carbonyl (C=O) groups excluding carboxylic acids is 1. The van der Waals surface area contributed by atoms with E-state index in [4.69, 9.17) is 4.98 Å². The topological polar surface area (TPSA) is 64.0 Å². The number of thioether (sulfide) groups is 1. The molecule has 0 saturated carbocycles. The normalized spacial score (nSPS) is 12.0. The molecule has 4 rings (SSSR count). The smallest absolute Gasteiger partial charge is 0.266 e. The minimum absolute atomic E-state index is 0.132. The molecule has 3 aromatic carbocycles. The Kier molecular flexibility index (Phi) is 6.38. The molecule has 1 amide bonds. The molecular weight excluding hydrogens is 430 g/mol. The average molecular weight is 458 g/mol. The van der Waals surface area contributed by atoms with Crippen LogP contribution >= 0.6 is 11.8 Å². The van der Waals surface area contributed by atoms with Crippen molar-refractivity contribution in [1.29, 1.82) is 0 Å². The van der Waals surface area contributed by atoms with Crippen LogP contribution in [0, 0.1) is 27.7 Å². The largest absolute Gasteiger partial charge is 0.325 e. The van der Waals surface area contributed by atoms with Gasteiger partial charge in [0.05, 0.1) is 21.8 Å². The first-order valence-electron chi connectivity index (χ1n) is 10.9. The van der Waals surface area contributed by atoms with E-state index in [9.17, 15) is 9.59 Å². The fourth-order valence-electron chi connectivity index (χ4n) is 3.81. The molecule has 1 atom stereocenters. The van der Waals surface area contributed by atoms with Crippen LogP contribution < -0.4 is 10.9 Å². The number of hydrogen-bond donors (Lipinski definition) is 1. The molecule has 4 aromatic rings. The number of carbonyl (C=O) groups is 1. The van der Waals surface area contributed by atoms with Gasteiger partial charge in [0.2, 0.25) is 5.91 Å². The third-order valence-corrected chi connectivity index (χ3v) is 6.78. The van der Waals surface area contributed by atoms with E-state index in [1.807, 2.05) is 89.2 Å². The summed E-state index contributed by atoms with van der Waals surface area (Å²) in [7, 11) is 0. The molecule has 6 heteroatoms. The molecule has 1 aromatic heterocycles. The van der Waals surface area contributed by atoms with Crippen molar-refractivity contribution in [2.24, 2.45) is 0 Å². The average Bonchev–Trinajstić information content (AvgIpc) is 2.78. The lowest BCUT2D eigenvalue weighted by Gasteiger charge is -2.19. The summed E-state index contributed by atoms with van der Waals surface area (Å²) in [4.78, 5) is 31.4. The van der Waals surface area contributed by atoms with Crippen molar-refractivity contribution in [2.45, 2.75) is 45.0 Å². The van der Waals surface area contributed by atoms with E-state index < -0.39 is 5.25 Å². The molecule has 168 valence electrons. The number of benzene rings is 3. The second-order valence-corrected chi connectivity index (χ2v) is 9.67. The number of nitrogens with zero attached hydrogens (tertiary/aromatic N) is 2. The molecule has 1 N–H and O–H groups in total. The van der Waals surface area contributed by atoms with Crippen molar-refractivity contribution in [3.8, 4) is 5.69 Å². The first-order chi connectivity index (χ1) is 15.8. The number of hydrogen-bond acceptors (Lipinski definition) is 4. The van der Waals surface area contributed by atoms with Gasteiger partial charge < -0.3 is 5.32 Å². The van der Waals surface area contributed by atoms with Crippen LogP contribution in [0.4, 0.5) is 5.69 Å². The highest BCUT2D eigenvalue weighted by molar-refractivity contribution is 8.00. The van der Waals surface area contributed by atoms with E-state index in [-0.39, 0.29) is 11.5 Å². The Labute approximate surface area is 197 Å². The van der Waals surface area contributed by atoms with Crippen LogP contribution in [-0.4, -0.2) is 20.7 Å². The van der Waals surface area contributed by atoms with E-state index in [0.29, 0.717) is 16.1 Å². The Morgan fingerprint density at radius 2 is 1.64 bits per heavy atom. The number of amides is 1. The van der Waals surface area contributed by atoms with Crippen LogP contribution in [0.1, 0.15) is 29.2 Å². The van der Waals surface area contributed by atoms with Crippen molar-refractivity contribution >= 4 is 34.3 Å². The molecular formula is C27H27N3O2S. The highest BCUT2D eigenvalue weighted by Gasteiger charge is 2.22. The van der Waals surface area contributed by atoms with Gasteiger partial charge in [-0.05, 0) is 75.1 Å². The summed E-state index contributed by atoms with van der Waals surface area (Å²) in [6, 6.07) is 19.2. The van der Waals surface area contributed by atoms with Crippen molar-refractivity contribution < 1.29 is 4.79 Å². The Bertz CT molecular complexity index is 1400. The monoisotopic (exact) mass is 457 g/mol. The number of aromatic nitrogens is 2. The maximum absolute atomic E-state index is 13.6. The van der Waals surface area contributed by atoms with E-state index in [1.165, 1.54) is 11.8 Å². The molecule has 0 aliphatic heterocycles. The lowest BCUT2D eigenvalue weighted by molar-refractivity contribution is -0.115. The van der Waals surface area contributed by atoms with Crippen molar-refractivity contribution in [1.82, 2.24) is 9.55 Å². The standard InChI is InChI=1S/C27H27N3O2S/c1-16-13-14-17(2)23(15-16)30-26(32)21-11-6-7-12-22(21)28-27(30)33-20(5)25(31)29-24-18(3)9-8-10-19(24)4/h6-15,20H,1-5H3,(H,29,31). The van der Waals surface area contributed by atoms with Gasteiger partial charge in [-0.15, -0.1) is 0 Å². The Balaban J connectivity index is 1.77. The van der Waals surface area contributed by atoms with E-state index in [1.54, 1.807) is 10.6 Å². The van der Waals surface area contributed by atoms with Gasteiger partial charge in [-0.25, -0.2) is 4.98 Å². The highest BCUT2D eigenvalue weighted by Crippen LogP contribution is 2.28. The molecule has 33 heavy (non-hydrogen) atoms. The van der Waals surface area contributed by atoms with E-state index in [2.05, 4.69) is 5.32 Å². The molecule has 0 radical (unpaired) electrons. The number of nitrogens with one attached hydrogen (secondary N) is 1. The number of aryl methyl sites for hydroxylation is 4.